The van der Waals surface area contributed by atoms with Crippen molar-refractivity contribution in [2.75, 3.05) is 6.54 Å². The third-order valence-electron chi connectivity index (χ3n) is 3.99. The largest absolute Gasteiger partial charge is 0.390 e. The van der Waals surface area contributed by atoms with Crippen molar-refractivity contribution in [2.45, 2.75) is 57.7 Å². The van der Waals surface area contributed by atoms with E-state index >= 15 is 0 Å². The van der Waals surface area contributed by atoms with E-state index in [9.17, 15) is 5.11 Å². The average molecular weight is 251 g/mol. The Morgan fingerprint density at radius 1 is 1.39 bits per heavy atom. The van der Waals surface area contributed by atoms with Gasteiger partial charge in [0.15, 0.2) is 0 Å². The third-order valence-corrected chi connectivity index (χ3v) is 3.99. The molecule has 2 N–H and O–H groups in total. The van der Waals surface area contributed by atoms with Gasteiger partial charge in [-0.1, -0.05) is 19.3 Å². The molecule has 102 valence electrons. The van der Waals surface area contributed by atoms with Gasteiger partial charge in [-0.2, -0.15) is 5.10 Å². The molecular weight excluding hydrogens is 226 g/mol. The van der Waals surface area contributed by atoms with E-state index in [4.69, 9.17) is 0 Å². The number of aliphatic hydroxyl groups excluding tert-OH is 1. The number of rotatable bonds is 6. The van der Waals surface area contributed by atoms with Crippen LogP contribution in [0.15, 0.2) is 18.5 Å². The van der Waals surface area contributed by atoms with Gasteiger partial charge in [0.2, 0.25) is 0 Å². The molecule has 4 nitrogen and oxygen atoms in total. The summed E-state index contributed by atoms with van der Waals surface area (Å²) in [6.07, 6.45) is 10.1. The van der Waals surface area contributed by atoms with Crippen LogP contribution in [0.1, 0.15) is 39.0 Å². The molecule has 0 amide bonds. The predicted octanol–water partition coefficient (Wildman–Crippen LogP) is 1.80. The highest BCUT2D eigenvalue weighted by molar-refractivity contribution is 4.80. The average Bonchev–Trinajstić information content (AvgIpc) is 2.90. The minimum atomic E-state index is -0.365. The maximum absolute atomic E-state index is 9.94. The fourth-order valence-electron chi connectivity index (χ4n) is 2.81. The van der Waals surface area contributed by atoms with Gasteiger partial charge in [0.1, 0.15) is 0 Å². The SMILES string of the molecule is C[C@H](NCC(O)Cn1cccn1)C1CCCCC1. The highest BCUT2D eigenvalue weighted by atomic mass is 16.3. The first kappa shape index (κ1) is 13.6. The minimum Gasteiger partial charge on any atom is -0.390 e. The molecule has 1 unspecified atom stereocenters. The molecule has 18 heavy (non-hydrogen) atoms. The summed E-state index contributed by atoms with van der Waals surface area (Å²) >= 11 is 0. The molecule has 1 fully saturated rings. The molecule has 0 aliphatic heterocycles. The molecule has 0 saturated heterocycles. The number of nitrogens with one attached hydrogen (secondary N) is 1. The van der Waals surface area contributed by atoms with Crippen LogP contribution in [0.5, 0.6) is 0 Å². The van der Waals surface area contributed by atoms with E-state index in [1.807, 2.05) is 12.3 Å². The van der Waals surface area contributed by atoms with Crippen molar-refractivity contribution in [1.29, 1.82) is 0 Å². The maximum atomic E-state index is 9.94. The van der Waals surface area contributed by atoms with Gasteiger partial charge >= 0.3 is 0 Å². The fourth-order valence-corrected chi connectivity index (χ4v) is 2.81. The first-order valence-corrected chi connectivity index (χ1v) is 7.14. The second-order valence-electron chi connectivity index (χ2n) is 5.48. The standard InChI is InChI=1S/C14H25N3O/c1-12(13-6-3-2-4-7-13)15-10-14(18)11-17-9-5-8-16-17/h5,8-9,12-15,18H,2-4,6-7,10-11H2,1H3/t12-,14?/m0/s1. The van der Waals surface area contributed by atoms with Crippen LogP contribution in [0.2, 0.25) is 0 Å². The van der Waals surface area contributed by atoms with Gasteiger partial charge < -0.3 is 10.4 Å². The van der Waals surface area contributed by atoms with Crippen LogP contribution in [-0.4, -0.2) is 33.6 Å². The van der Waals surface area contributed by atoms with Gasteiger partial charge in [-0.25, -0.2) is 0 Å². The molecule has 2 atom stereocenters. The van der Waals surface area contributed by atoms with E-state index in [0.717, 1.165) is 5.92 Å². The Labute approximate surface area is 109 Å². The summed E-state index contributed by atoms with van der Waals surface area (Å²) in [6.45, 7) is 3.46. The number of aromatic nitrogens is 2. The normalized spacial score (nSPS) is 20.8. The summed E-state index contributed by atoms with van der Waals surface area (Å²) in [5.41, 5.74) is 0. The maximum Gasteiger partial charge on any atom is 0.0860 e. The lowest BCUT2D eigenvalue weighted by Crippen LogP contribution is -2.40. The van der Waals surface area contributed by atoms with E-state index in [1.165, 1.54) is 32.1 Å². The molecule has 1 aromatic rings. The molecule has 1 heterocycles. The van der Waals surface area contributed by atoms with Gasteiger partial charge in [-0.05, 0) is 31.7 Å². The van der Waals surface area contributed by atoms with E-state index in [1.54, 1.807) is 10.9 Å². The Morgan fingerprint density at radius 3 is 2.83 bits per heavy atom. The van der Waals surface area contributed by atoms with Crippen molar-refractivity contribution in [1.82, 2.24) is 15.1 Å². The van der Waals surface area contributed by atoms with E-state index in [0.29, 0.717) is 19.1 Å². The molecule has 1 aliphatic carbocycles. The summed E-state index contributed by atoms with van der Waals surface area (Å²) in [7, 11) is 0. The Kier molecular flexibility index (Phi) is 5.20. The molecule has 4 heteroatoms. The van der Waals surface area contributed by atoms with Gasteiger partial charge in [-0.3, -0.25) is 4.68 Å². The van der Waals surface area contributed by atoms with Crippen LogP contribution in [0.4, 0.5) is 0 Å². The second kappa shape index (κ2) is 6.90. The van der Waals surface area contributed by atoms with Crippen LogP contribution in [-0.2, 0) is 6.54 Å². The summed E-state index contributed by atoms with van der Waals surface area (Å²) in [6, 6.07) is 2.39. The van der Waals surface area contributed by atoms with Gasteiger partial charge in [0.25, 0.3) is 0 Å². The molecular formula is C14H25N3O. The molecule has 0 radical (unpaired) electrons. The molecule has 1 aliphatic rings. The van der Waals surface area contributed by atoms with E-state index in [-0.39, 0.29) is 6.10 Å². The number of aliphatic hydroxyl groups is 1. The summed E-state index contributed by atoms with van der Waals surface area (Å²) < 4.78 is 1.78. The van der Waals surface area contributed by atoms with Crippen molar-refractivity contribution in [3.63, 3.8) is 0 Å². The zero-order valence-corrected chi connectivity index (χ0v) is 11.3. The smallest absolute Gasteiger partial charge is 0.0860 e. The lowest BCUT2D eigenvalue weighted by Gasteiger charge is -2.29. The Bertz CT molecular complexity index is 320. The van der Waals surface area contributed by atoms with Crippen molar-refractivity contribution in [2.24, 2.45) is 5.92 Å². The van der Waals surface area contributed by atoms with E-state index < -0.39 is 0 Å². The summed E-state index contributed by atoms with van der Waals surface area (Å²) in [5, 5.41) is 17.5. The number of hydrogen-bond donors (Lipinski definition) is 2. The fraction of sp³-hybridized carbons (Fsp3) is 0.786. The lowest BCUT2D eigenvalue weighted by atomic mass is 9.84. The molecule has 0 aromatic carbocycles. The van der Waals surface area contributed by atoms with Crippen molar-refractivity contribution in [3.8, 4) is 0 Å². The molecule has 0 spiro atoms. The predicted molar refractivity (Wildman–Crippen MR) is 72.3 cm³/mol. The number of nitrogens with zero attached hydrogens (tertiary/aromatic N) is 2. The first-order valence-electron chi connectivity index (χ1n) is 7.14. The van der Waals surface area contributed by atoms with Crippen molar-refractivity contribution in [3.05, 3.63) is 18.5 Å². The monoisotopic (exact) mass is 251 g/mol. The molecule has 0 bridgehead atoms. The first-order chi connectivity index (χ1) is 8.75. The van der Waals surface area contributed by atoms with E-state index in [2.05, 4.69) is 17.3 Å². The Morgan fingerprint density at radius 2 is 2.17 bits per heavy atom. The Balaban J connectivity index is 1.66. The van der Waals surface area contributed by atoms with Gasteiger partial charge in [0.05, 0.1) is 12.6 Å². The van der Waals surface area contributed by atoms with Crippen LogP contribution in [0.3, 0.4) is 0 Å². The minimum absolute atomic E-state index is 0.365. The lowest BCUT2D eigenvalue weighted by molar-refractivity contribution is 0.137. The summed E-state index contributed by atoms with van der Waals surface area (Å²) in [5.74, 6) is 0.788. The highest BCUT2D eigenvalue weighted by Gasteiger charge is 2.20. The van der Waals surface area contributed by atoms with Crippen molar-refractivity contribution >= 4 is 0 Å². The van der Waals surface area contributed by atoms with Crippen LogP contribution in [0.25, 0.3) is 0 Å². The van der Waals surface area contributed by atoms with Gasteiger partial charge in [-0.15, -0.1) is 0 Å². The van der Waals surface area contributed by atoms with Crippen LogP contribution < -0.4 is 5.32 Å². The van der Waals surface area contributed by atoms with Crippen LogP contribution >= 0.6 is 0 Å². The van der Waals surface area contributed by atoms with Crippen molar-refractivity contribution < 1.29 is 5.11 Å². The molecule has 1 saturated carbocycles. The Hall–Kier alpha value is -0.870. The topological polar surface area (TPSA) is 50.1 Å². The zero-order chi connectivity index (χ0) is 12.8. The second-order valence-corrected chi connectivity index (χ2v) is 5.48. The highest BCUT2D eigenvalue weighted by Crippen LogP contribution is 2.26. The molecule has 1 aromatic heterocycles. The number of hydrogen-bond acceptors (Lipinski definition) is 3. The summed E-state index contributed by atoms with van der Waals surface area (Å²) in [4.78, 5) is 0. The van der Waals surface area contributed by atoms with Gasteiger partial charge in [0, 0.05) is 25.0 Å². The zero-order valence-electron chi connectivity index (χ0n) is 11.3. The van der Waals surface area contributed by atoms with Crippen LogP contribution in [0, 0.1) is 5.92 Å². The quantitative estimate of drug-likeness (QED) is 0.810. The molecule has 2 rings (SSSR count). The third kappa shape index (κ3) is 4.10.